The van der Waals surface area contributed by atoms with Crippen molar-refractivity contribution in [2.24, 2.45) is 0 Å². The van der Waals surface area contributed by atoms with Crippen LogP contribution in [0.2, 0.25) is 0 Å². The van der Waals surface area contributed by atoms with Crippen LogP contribution in [0.4, 0.5) is 5.69 Å². The summed E-state index contributed by atoms with van der Waals surface area (Å²) in [6.07, 6.45) is 1.86. The van der Waals surface area contributed by atoms with Crippen LogP contribution in [0.1, 0.15) is 28.8 Å². The number of carbonyl (C=O) groups excluding carboxylic acids is 1. The summed E-state index contributed by atoms with van der Waals surface area (Å²) in [4.78, 5) is 22.0. The summed E-state index contributed by atoms with van der Waals surface area (Å²) in [7, 11) is 0. The fraction of sp³-hybridized carbons (Fsp3) is 0.417. The molecule has 1 amide bonds. The Morgan fingerprint density at radius 2 is 2.17 bits per heavy atom. The molecule has 5 nitrogen and oxygen atoms in total. The van der Waals surface area contributed by atoms with Crippen molar-refractivity contribution in [1.29, 1.82) is 0 Å². The fourth-order valence-corrected chi connectivity index (χ4v) is 1.87. The van der Waals surface area contributed by atoms with Crippen molar-refractivity contribution in [3.05, 3.63) is 39.4 Å². The van der Waals surface area contributed by atoms with Crippen molar-refractivity contribution in [2.45, 2.75) is 19.8 Å². The molecule has 0 saturated heterocycles. The molecule has 0 aliphatic rings. The zero-order valence-electron chi connectivity index (χ0n) is 10.1. The van der Waals surface area contributed by atoms with Crippen LogP contribution < -0.4 is 5.32 Å². The first kappa shape index (κ1) is 14.6. The number of unbranched alkanes of at least 4 members (excludes halogenated alkanes) is 1. The average Bonchev–Trinajstić information content (AvgIpc) is 2.34. The SMILES string of the molecule is Cc1ccc(C(=O)NCCCCBr)cc1[N+](=O)[O-]. The number of benzene rings is 1. The van der Waals surface area contributed by atoms with Gasteiger partial charge in [-0.25, -0.2) is 0 Å². The van der Waals surface area contributed by atoms with Crippen LogP contribution in [0.25, 0.3) is 0 Å². The molecule has 18 heavy (non-hydrogen) atoms. The maximum Gasteiger partial charge on any atom is 0.273 e. The summed E-state index contributed by atoms with van der Waals surface area (Å²) in [5, 5.41) is 14.4. The molecule has 0 radical (unpaired) electrons. The average molecular weight is 315 g/mol. The van der Waals surface area contributed by atoms with Gasteiger partial charge in [-0.3, -0.25) is 14.9 Å². The number of carbonyl (C=O) groups is 1. The Hall–Kier alpha value is -1.43. The van der Waals surface area contributed by atoms with E-state index in [-0.39, 0.29) is 11.6 Å². The van der Waals surface area contributed by atoms with Gasteiger partial charge in [0.2, 0.25) is 0 Å². The summed E-state index contributed by atoms with van der Waals surface area (Å²) in [5.74, 6) is -0.271. The first-order valence-electron chi connectivity index (χ1n) is 5.65. The number of halogens is 1. The third kappa shape index (κ3) is 4.10. The van der Waals surface area contributed by atoms with Crippen LogP contribution in [-0.2, 0) is 0 Å². The molecule has 1 N–H and O–H groups in total. The van der Waals surface area contributed by atoms with Gasteiger partial charge in [-0.05, 0) is 25.8 Å². The van der Waals surface area contributed by atoms with Crippen molar-refractivity contribution in [1.82, 2.24) is 5.32 Å². The summed E-state index contributed by atoms with van der Waals surface area (Å²) in [6, 6.07) is 4.50. The molecule has 98 valence electrons. The number of nitrogens with one attached hydrogen (secondary N) is 1. The van der Waals surface area contributed by atoms with Gasteiger partial charge in [0.25, 0.3) is 11.6 Å². The number of hydrogen-bond acceptors (Lipinski definition) is 3. The molecule has 6 heteroatoms. The molecule has 0 unspecified atom stereocenters. The Bertz CT molecular complexity index is 449. The summed E-state index contributed by atoms with van der Waals surface area (Å²) < 4.78 is 0. The molecule has 0 bridgehead atoms. The van der Waals surface area contributed by atoms with Crippen LogP contribution >= 0.6 is 15.9 Å². The monoisotopic (exact) mass is 314 g/mol. The first-order chi connectivity index (χ1) is 8.56. The minimum absolute atomic E-state index is 0.0249. The van der Waals surface area contributed by atoms with E-state index in [0.29, 0.717) is 17.7 Å². The highest BCUT2D eigenvalue weighted by molar-refractivity contribution is 9.09. The van der Waals surface area contributed by atoms with Crippen LogP contribution in [0.3, 0.4) is 0 Å². The van der Waals surface area contributed by atoms with Gasteiger partial charge in [0.1, 0.15) is 0 Å². The highest BCUT2D eigenvalue weighted by Gasteiger charge is 2.14. The van der Waals surface area contributed by atoms with Gasteiger partial charge < -0.3 is 5.32 Å². The molecule has 0 atom stereocenters. The predicted molar refractivity (Wildman–Crippen MR) is 73.2 cm³/mol. The Morgan fingerprint density at radius 1 is 1.44 bits per heavy atom. The summed E-state index contributed by atoms with van der Waals surface area (Å²) in [5.41, 5.74) is 0.852. The lowest BCUT2D eigenvalue weighted by atomic mass is 10.1. The smallest absolute Gasteiger partial charge is 0.273 e. The third-order valence-electron chi connectivity index (χ3n) is 2.51. The number of hydrogen-bond donors (Lipinski definition) is 1. The molecule has 0 aliphatic carbocycles. The lowest BCUT2D eigenvalue weighted by Crippen LogP contribution is -2.24. The van der Waals surface area contributed by atoms with Crippen LogP contribution in [0.5, 0.6) is 0 Å². The molecule has 0 spiro atoms. The molecular formula is C12H15BrN2O3. The molecule has 1 aromatic carbocycles. The molecule has 0 heterocycles. The predicted octanol–water partition coefficient (Wildman–Crippen LogP) is 2.81. The quantitative estimate of drug-likeness (QED) is 0.380. The molecule has 0 fully saturated rings. The van der Waals surface area contributed by atoms with E-state index in [0.717, 1.165) is 18.2 Å². The van der Waals surface area contributed by atoms with E-state index in [1.807, 2.05) is 0 Å². The lowest BCUT2D eigenvalue weighted by Gasteiger charge is -2.05. The van der Waals surface area contributed by atoms with Crippen molar-refractivity contribution >= 4 is 27.5 Å². The maximum atomic E-state index is 11.7. The molecule has 0 aromatic heterocycles. The molecule has 0 saturated carbocycles. The van der Waals surface area contributed by atoms with Gasteiger partial charge in [0, 0.05) is 29.1 Å². The molecule has 1 aromatic rings. The summed E-state index contributed by atoms with van der Waals surface area (Å²) in [6.45, 7) is 2.22. The van der Waals surface area contributed by atoms with Gasteiger partial charge in [-0.1, -0.05) is 22.0 Å². The standard InChI is InChI=1S/C12H15BrN2O3/c1-9-4-5-10(8-11(9)15(17)18)12(16)14-7-3-2-6-13/h4-5,8H,2-3,6-7H2,1H3,(H,14,16). The van der Waals surface area contributed by atoms with Crippen molar-refractivity contribution in [3.63, 3.8) is 0 Å². The Kier molecular flexibility index (Phi) is 5.77. The maximum absolute atomic E-state index is 11.7. The van der Waals surface area contributed by atoms with Gasteiger partial charge in [0.05, 0.1) is 4.92 Å². The minimum atomic E-state index is -0.475. The Balaban J connectivity index is 2.68. The number of nitrogens with zero attached hydrogens (tertiary/aromatic N) is 1. The summed E-state index contributed by atoms with van der Waals surface area (Å²) >= 11 is 3.31. The van der Waals surface area contributed by atoms with E-state index in [9.17, 15) is 14.9 Å². The normalized spacial score (nSPS) is 10.1. The number of nitro groups is 1. The zero-order valence-corrected chi connectivity index (χ0v) is 11.7. The second-order valence-electron chi connectivity index (χ2n) is 3.91. The van der Waals surface area contributed by atoms with E-state index < -0.39 is 4.92 Å². The van der Waals surface area contributed by atoms with E-state index in [1.54, 1.807) is 19.1 Å². The zero-order chi connectivity index (χ0) is 13.5. The molecular weight excluding hydrogens is 300 g/mol. The first-order valence-corrected chi connectivity index (χ1v) is 6.77. The third-order valence-corrected chi connectivity index (χ3v) is 3.07. The lowest BCUT2D eigenvalue weighted by molar-refractivity contribution is -0.385. The van der Waals surface area contributed by atoms with E-state index in [2.05, 4.69) is 21.2 Å². The van der Waals surface area contributed by atoms with Crippen LogP contribution in [0, 0.1) is 17.0 Å². The van der Waals surface area contributed by atoms with Crippen molar-refractivity contribution in [2.75, 3.05) is 11.9 Å². The number of amides is 1. The highest BCUT2D eigenvalue weighted by atomic mass is 79.9. The number of rotatable bonds is 6. The minimum Gasteiger partial charge on any atom is -0.352 e. The second-order valence-corrected chi connectivity index (χ2v) is 4.70. The van der Waals surface area contributed by atoms with Crippen molar-refractivity contribution in [3.8, 4) is 0 Å². The highest BCUT2D eigenvalue weighted by Crippen LogP contribution is 2.19. The van der Waals surface area contributed by atoms with Gasteiger partial charge in [-0.2, -0.15) is 0 Å². The van der Waals surface area contributed by atoms with Crippen molar-refractivity contribution < 1.29 is 9.72 Å². The number of aryl methyl sites for hydroxylation is 1. The van der Waals surface area contributed by atoms with Gasteiger partial charge >= 0.3 is 0 Å². The van der Waals surface area contributed by atoms with Gasteiger partial charge in [0.15, 0.2) is 0 Å². The number of alkyl halides is 1. The molecule has 1 rings (SSSR count). The fourth-order valence-electron chi connectivity index (χ4n) is 1.47. The van der Waals surface area contributed by atoms with Gasteiger partial charge in [-0.15, -0.1) is 0 Å². The van der Waals surface area contributed by atoms with Crippen LogP contribution in [0.15, 0.2) is 18.2 Å². The largest absolute Gasteiger partial charge is 0.352 e. The number of nitro benzene ring substituents is 1. The Morgan fingerprint density at radius 3 is 2.78 bits per heavy atom. The van der Waals surface area contributed by atoms with E-state index >= 15 is 0 Å². The van der Waals surface area contributed by atoms with E-state index in [1.165, 1.54) is 6.07 Å². The van der Waals surface area contributed by atoms with Crippen LogP contribution in [-0.4, -0.2) is 22.7 Å². The molecule has 0 aliphatic heterocycles. The second kappa shape index (κ2) is 7.10. The van der Waals surface area contributed by atoms with E-state index in [4.69, 9.17) is 0 Å². The topological polar surface area (TPSA) is 72.2 Å². The Labute approximate surface area is 114 Å².